The van der Waals surface area contributed by atoms with Gasteiger partial charge in [0.2, 0.25) is 0 Å². The molecule has 2 amide bonds. The first-order valence-electron chi connectivity index (χ1n) is 10.4. The van der Waals surface area contributed by atoms with Crippen LogP contribution in [0.4, 0.5) is 11.4 Å². The van der Waals surface area contributed by atoms with Crippen LogP contribution in [0.3, 0.4) is 0 Å². The van der Waals surface area contributed by atoms with Crippen molar-refractivity contribution in [3.8, 4) is 0 Å². The highest BCUT2D eigenvalue weighted by Gasteiger charge is 2.22. The third kappa shape index (κ3) is 5.08. The van der Waals surface area contributed by atoms with Crippen molar-refractivity contribution < 1.29 is 9.59 Å². The van der Waals surface area contributed by atoms with Crippen LogP contribution in [0.2, 0.25) is 10.0 Å². The summed E-state index contributed by atoms with van der Waals surface area (Å²) in [4.78, 5) is 30.0. The van der Waals surface area contributed by atoms with Crippen LogP contribution < -0.4 is 10.2 Å². The lowest BCUT2D eigenvalue weighted by atomic mass is 10.0. The molecule has 1 saturated heterocycles. The number of nitrogens with one attached hydrogen (secondary N) is 1. The van der Waals surface area contributed by atoms with Gasteiger partial charge in [0.15, 0.2) is 0 Å². The van der Waals surface area contributed by atoms with E-state index in [1.807, 2.05) is 26.0 Å². The summed E-state index contributed by atoms with van der Waals surface area (Å²) in [7, 11) is 0. The van der Waals surface area contributed by atoms with Crippen molar-refractivity contribution in [1.29, 1.82) is 0 Å². The Morgan fingerprint density at radius 1 is 0.967 bits per heavy atom. The smallest absolute Gasteiger partial charge is 0.257 e. The normalized spacial score (nSPS) is 13.8. The van der Waals surface area contributed by atoms with Crippen LogP contribution in [0.25, 0.3) is 0 Å². The molecule has 2 aromatic rings. The molecule has 1 heterocycles. The first-order valence-corrected chi connectivity index (χ1v) is 11.1. The highest BCUT2D eigenvalue weighted by Crippen LogP contribution is 2.29. The zero-order chi connectivity index (χ0) is 21.7. The van der Waals surface area contributed by atoms with Gasteiger partial charge in [0.05, 0.1) is 16.1 Å². The van der Waals surface area contributed by atoms with Gasteiger partial charge in [-0.2, -0.15) is 0 Å². The Bertz CT molecular complexity index is 923. The molecule has 160 valence electrons. The standard InChI is InChI=1S/C23H27Cl2N3O2/c1-3-27(4-2)23(30)19-15-17(9-11-21(19)28-12-6-5-7-13-28)26-22(29)18-10-8-16(24)14-20(18)25/h8-11,14-15H,3-7,12-13H2,1-2H3,(H,26,29). The summed E-state index contributed by atoms with van der Waals surface area (Å²) in [6.07, 6.45) is 3.45. The van der Waals surface area contributed by atoms with Gasteiger partial charge in [0, 0.05) is 42.6 Å². The molecule has 0 bridgehead atoms. The molecule has 0 radical (unpaired) electrons. The Morgan fingerprint density at radius 3 is 2.30 bits per heavy atom. The Hall–Kier alpha value is -2.24. The van der Waals surface area contributed by atoms with Crippen LogP contribution in [-0.4, -0.2) is 42.9 Å². The second-order valence-electron chi connectivity index (χ2n) is 7.34. The number of hydrogen-bond donors (Lipinski definition) is 1. The van der Waals surface area contributed by atoms with Gasteiger partial charge < -0.3 is 15.1 Å². The number of piperidine rings is 1. The molecule has 2 aromatic carbocycles. The third-order valence-electron chi connectivity index (χ3n) is 5.41. The highest BCUT2D eigenvalue weighted by atomic mass is 35.5. The fraction of sp³-hybridized carbons (Fsp3) is 0.391. The van der Waals surface area contributed by atoms with Crippen LogP contribution in [-0.2, 0) is 0 Å². The van der Waals surface area contributed by atoms with Crippen LogP contribution >= 0.6 is 23.2 Å². The average molecular weight is 448 g/mol. The van der Waals surface area contributed by atoms with Crippen molar-refractivity contribution in [3.63, 3.8) is 0 Å². The van der Waals surface area contributed by atoms with E-state index in [2.05, 4.69) is 10.2 Å². The number of nitrogens with zero attached hydrogens (tertiary/aromatic N) is 2. The van der Waals surface area contributed by atoms with Crippen LogP contribution in [0.5, 0.6) is 0 Å². The number of anilines is 2. The van der Waals surface area contributed by atoms with Crippen molar-refractivity contribution in [2.24, 2.45) is 0 Å². The number of carbonyl (C=O) groups excluding carboxylic acids is 2. The second-order valence-corrected chi connectivity index (χ2v) is 8.18. The lowest BCUT2D eigenvalue weighted by Crippen LogP contribution is -2.35. The van der Waals surface area contributed by atoms with E-state index in [4.69, 9.17) is 23.2 Å². The van der Waals surface area contributed by atoms with Crippen LogP contribution in [0, 0.1) is 0 Å². The maximum Gasteiger partial charge on any atom is 0.257 e. The molecule has 7 heteroatoms. The number of carbonyl (C=O) groups is 2. The first kappa shape index (κ1) is 22.4. The summed E-state index contributed by atoms with van der Waals surface area (Å²) in [5.74, 6) is -0.371. The molecule has 0 aromatic heterocycles. The molecule has 5 nitrogen and oxygen atoms in total. The van der Waals surface area contributed by atoms with Gasteiger partial charge in [0.1, 0.15) is 0 Å². The van der Waals surface area contributed by atoms with Gasteiger partial charge in [-0.15, -0.1) is 0 Å². The number of halogens is 2. The molecule has 1 N–H and O–H groups in total. The molecule has 3 rings (SSSR count). The van der Waals surface area contributed by atoms with E-state index in [-0.39, 0.29) is 16.8 Å². The molecule has 30 heavy (non-hydrogen) atoms. The van der Waals surface area contributed by atoms with Gasteiger partial charge >= 0.3 is 0 Å². The molecule has 0 atom stereocenters. The minimum atomic E-state index is -0.344. The van der Waals surface area contributed by atoms with E-state index in [1.165, 1.54) is 12.5 Å². The van der Waals surface area contributed by atoms with Gasteiger partial charge in [-0.3, -0.25) is 9.59 Å². The Morgan fingerprint density at radius 2 is 1.67 bits per heavy atom. The topological polar surface area (TPSA) is 52.7 Å². The fourth-order valence-corrected chi connectivity index (χ4v) is 4.24. The summed E-state index contributed by atoms with van der Waals surface area (Å²) >= 11 is 12.1. The largest absolute Gasteiger partial charge is 0.371 e. The van der Waals surface area contributed by atoms with Crippen molar-refractivity contribution >= 4 is 46.4 Å². The maximum atomic E-state index is 13.2. The van der Waals surface area contributed by atoms with Gasteiger partial charge in [-0.05, 0) is 69.5 Å². The molecule has 0 aliphatic carbocycles. The SMILES string of the molecule is CCN(CC)C(=O)c1cc(NC(=O)c2ccc(Cl)cc2Cl)ccc1N1CCCCC1. The molecular formula is C23H27Cl2N3O2. The van der Waals surface area contributed by atoms with Gasteiger partial charge in [-0.25, -0.2) is 0 Å². The molecule has 1 aliphatic heterocycles. The number of hydrogen-bond acceptors (Lipinski definition) is 3. The third-order valence-corrected chi connectivity index (χ3v) is 5.96. The first-order chi connectivity index (χ1) is 14.4. The van der Waals surface area contributed by atoms with Crippen molar-refractivity contribution in [1.82, 2.24) is 4.90 Å². The van der Waals surface area contributed by atoms with E-state index >= 15 is 0 Å². The van der Waals surface area contributed by atoms with E-state index in [9.17, 15) is 9.59 Å². The molecule has 1 fully saturated rings. The van der Waals surface area contributed by atoms with E-state index < -0.39 is 0 Å². The molecule has 0 unspecified atom stereocenters. The monoisotopic (exact) mass is 447 g/mol. The molecular weight excluding hydrogens is 421 g/mol. The Balaban J connectivity index is 1.92. The lowest BCUT2D eigenvalue weighted by Gasteiger charge is -2.31. The summed E-state index contributed by atoms with van der Waals surface area (Å²) in [5.41, 5.74) is 2.43. The Kier molecular flexibility index (Phi) is 7.62. The van der Waals surface area contributed by atoms with E-state index in [0.29, 0.717) is 34.9 Å². The summed E-state index contributed by atoms with van der Waals surface area (Å²) in [6.45, 7) is 7.07. The van der Waals surface area contributed by atoms with Crippen LogP contribution in [0.15, 0.2) is 36.4 Å². The predicted molar refractivity (Wildman–Crippen MR) is 124 cm³/mol. The van der Waals surface area contributed by atoms with Gasteiger partial charge in [-0.1, -0.05) is 23.2 Å². The van der Waals surface area contributed by atoms with E-state index in [0.717, 1.165) is 31.6 Å². The van der Waals surface area contributed by atoms with Crippen molar-refractivity contribution in [2.45, 2.75) is 33.1 Å². The van der Waals surface area contributed by atoms with Crippen molar-refractivity contribution in [2.75, 3.05) is 36.4 Å². The number of rotatable bonds is 6. The Labute approximate surface area is 187 Å². The maximum absolute atomic E-state index is 13.2. The minimum absolute atomic E-state index is 0.0267. The molecule has 1 aliphatic rings. The summed E-state index contributed by atoms with van der Waals surface area (Å²) in [6, 6.07) is 10.3. The quantitative estimate of drug-likeness (QED) is 0.615. The molecule has 0 spiro atoms. The zero-order valence-electron chi connectivity index (χ0n) is 17.4. The lowest BCUT2D eigenvalue weighted by molar-refractivity contribution is 0.0773. The van der Waals surface area contributed by atoms with Crippen LogP contribution in [0.1, 0.15) is 53.8 Å². The number of benzene rings is 2. The summed E-state index contributed by atoms with van der Waals surface area (Å²) in [5, 5.41) is 3.61. The van der Waals surface area contributed by atoms with Gasteiger partial charge in [0.25, 0.3) is 11.8 Å². The minimum Gasteiger partial charge on any atom is -0.371 e. The second kappa shape index (κ2) is 10.2. The fourth-order valence-electron chi connectivity index (χ4n) is 3.75. The van der Waals surface area contributed by atoms with Crippen molar-refractivity contribution in [3.05, 3.63) is 57.6 Å². The number of amides is 2. The van der Waals surface area contributed by atoms with E-state index in [1.54, 1.807) is 23.1 Å². The zero-order valence-corrected chi connectivity index (χ0v) is 18.9. The molecule has 0 saturated carbocycles. The predicted octanol–water partition coefficient (Wildman–Crippen LogP) is 5.72. The average Bonchev–Trinajstić information content (AvgIpc) is 2.75. The highest BCUT2D eigenvalue weighted by molar-refractivity contribution is 6.37. The summed E-state index contributed by atoms with van der Waals surface area (Å²) < 4.78 is 0.